The van der Waals surface area contributed by atoms with Crippen molar-refractivity contribution in [1.29, 1.82) is 0 Å². The first-order chi connectivity index (χ1) is 19.2. The minimum absolute atomic E-state index is 0.00263. The molecule has 40 heavy (non-hydrogen) atoms. The quantitative estimate of drug-likeness (QED) is 0.332. The van der Waals surface area contributed by atoms with E-state index >= 15 is 0 Å². The predicted molar refractivity (Wildman–Crippen MR) is 142 cm³/mol. The lowest BCUT2D eigenvalue weighted by Crippen LogP contribution is -2.58. The number of hydrogen-bond donors (Lipinski definition) is 3. The van der Waals surface area contributed by atoms with Crippen LogP contribution in [0.25, 0.3) is 10.9 Å². The van der Waals surface area contributed by atoms with Crippen LogP contribution in [0.5, 0.6) is 11.6 Å². The molecule has 4 heterocycles. The topological polar surface area (TPSA) is 121 Å². The van der Waals surface area contributed by atoms with Crippen molar-refractivity contribution in [3.63, 3.8) is 0 Å². The summed E-state index contributed by atoms with van der Waals surface area (Å²) >= 11 is 0. The first-order valence-corrected chi connectivity index (χ1v) is 12.7. The third-order valence-corrected chi connectivity index (χ3v) is 7.97. The summed E-state index contributed by atoms with van der Waals surface area (Å²) < 4.78 is 37.1. The Kier molecular flexibility index (Phi) is 5.09. The van der Waals surface area contributed by atoms with Crippen LogP contribution in [0.15, 0.2) is 48.5 Å². The molecule has 1 saturated heterocycles. The maximum Gasteiger partial charge on any atom is 0.282 e. The zero-order chi connectivity index (χ0) is 27.8. The van der Waals surface area contributed by atoms with Gasteiger partial charge in [-0.25, -0.2) is 13.8 Å². The van der Waals surface area contributed by atoms with Crippen LogP contribution in [0.4, 0.5) is 26.0 Å². The van der Waals surface area contributed by atoms with E-state index in [0.29, 0.717) is 23.7 Å². The van der Waals surface area contributed by atoms with Crippen molar-refractivity contribution in [2.24, 2.45) is 0 Å². The molecule has 2 amide bonds. The second kappa shape index (κ2) is 8.38. The summed E-state index contributed by atoms with van der Waals surface area (Å²) in [7, 11) is 3.02. The van der Waals surface area contributed by atoms with Gasteiger partial charge in [-0.15, -0.1) is 0 Å². The first-order valence-electron chi connectivity index (χ1n) is 12.7. The lowest BCUT2D eigenvalue weighted by Gasteiger charge is -2.38. The molecule has 2 aromatic heterocycles. The molecule has 1 spiro atoms. The van der Waals surface area contributed by atoms with Gasteiger partial charge in [0.2, 0.25) is 11.8 Å². The molecule has 2 atom stereocenters. The van der Waals surface area contributed by atoms with Gasteiger partial charge in [0.1, 0.15) is 17.1 Å². The molecule has 0 unspecified atom stereocenters. The van der Waals surface area contributed by atoms with Crippen LogP contribution in [-0.4, -0.2) is 65.1 Å². The van der Waals surface area contributed by atoms with Crippen LogP contribution >= 0.6 is 0 Å². The second-order valence-corrected chi connectivity index (χ2v) is 10.4. The molecule has 10 nitrogen and oxygen atoms in total. The summed E-state index contributed by atoms with van der Waals surface area (Å²) in [6.07, 6.45) is 0.701. The number of hydrogen-bond acceptors (Lipinski definition) is 7. The van der Waals surface area contributed by atoms with Crippen LogP contribution in [0, 0.1) is 0 Å². The molecule has 3 aliphatic rings. The molecule has 0 radical (unpaired) electrons. The maximum absolute atomic E-state index is 13.2. The van der Waals surface area contributed by atoms with Gasteiger partial charge in [-0.05, 0) is 60.0 Å². The average Bonchev–Trinajstić information content (AvgIpc) is 3.49. The summed E-state index contributed by atoms with van der Waals surface area (Å²) in [6, 6.07) is 14.6. The summed E-state index contributed by atoms with van der Waals surface area (Å²) in [5, 5.41) is 14.4. The van der Waals surface area contributed by atoms with Gasteiger partial charge in [-0.2, -0.15) is 5.10 Å². The van der Waals surface area contributed by atoms with Crippen molar-refractivity contribution >= 4 is 39.9 Å². The Hall–Kier alpha value is -4.74. The number of amides is 2. The number of nitrogens with one attached hydrogen (secondary N) is 3. The van der Waals surface area contributed by atoms with E-state index in [1.165, 1.54) is 13.2 Å². The van der Waals surface area contributed by atoms with E-state index in [2.05, 4.69) is 25.8 Å². The first kappa shape index (κ1) is 24.3. The number of halogens is 2. The number of likely N-dealkylation sites (tertiary alicyclic amines) is 1. The lowest BCUT2D eigenvalue weighted by molar-refractivity contribution is -0.118. The molecule has 12 heteroatoms. The van der Waals surface area contributed by atoms with E-state index in [9.17, 15) is 18.4 Å². The Bertz CT molecular complexity index is 1710. The van der Waals surface area contributed by atoms with E-state index in [4.69, 9.17) is 9.47 Å². The van der Waals surface area contributed by atoms with Crippen molar-refractivity contribution in [3.05, 3.63) is 65.4 Å². The summed E-state index contributed by atoms with van der Waals surface area (Å²) in [5.74, 6) is -2.06. The third-order valence-electron chi connectivity index (χ3n) is 7.97. The van der Waals surface area contributed by atoms with Gasteiger partial charge in [-0.1, -0.05) is 6.07 Å². The van der Waals surface area contributed by atoms with Crippen LogP contribution in [-0.2, 0) is 10.2 Å². The molecular formula is C28H24F2N6O4. The van der Waals surface area contributed by atoms with Crippen LogP contribution in [0.1, 0.15) is 34.0 Å². The Morgan fingerprint density at radius 1 is 1.10 bits per heavy atom. The van der Waals surface area contributed by atoms with E-state index < -0.39 is 30.3 Å². The van der Waals surface area contributed by atoms with E-state index in [0.717, 1.165) is 32.6 Å². The number of aromatic amines is 1. The van der Waals surface area contributed by atoms with Crippen LogP contribution < -0.4 is 20.1 Å². The Labute approximate surface area is 226 Å². The molecule has 0 bridgehead atoms. The molecule has 4 aromatic rings. The number of methoxy groups -OCH3 is 2. The SMILES string of the molecule is COc1ccc2c(c1)[C@]1(C[C@H]1c1ccc3c(Nc4ccc(C(=O)N5CC(F)(F)C5)nc4OC)n[nH]c3c1)C(=O)N2. The normalized spacial score (nSPS) is 22.1. The van der Waals surface area contributed by atoms with Gasteiger partial charge in [-0.3, -0.25) is 14.7 Å². The highest BCUT2D eigenvalue weighted by Crippen LogP contribution is 2.65. The van der Waals surface area contributed by atoms with E-state index in [-0.39, 0.29) is 23.4 Å². The summed E-state index contributed by atoms with van der Waals surface area (Å²) in [4.78, 5) is 30.8. The number of carbonyl (C=O) groups is 2. The highest BCUT2D eigenvalue weighted by molar-refractivity contribution is 6.10. The van der Waals surface area contributed by atoms with E-state index in [1.54, 1.807) is 13.2 Å². The number of H-pyrrole nitrogens is 1. The number of aromatic nitrogens is 3. The number of rotatable bonds is 6. The van der Waals surface area contributed by atoms with Crippen LogP contribution in [0.3, 0.4) is 0 Å². The smallest absolute Gasteiger partial charge is 0.282 e. The second-order valence-electron chi connectivity index (χ2n) is 10.4. The van der Waals surface area contributed by atoms with Crippen molar-refractivity contribution in [2.45, 2.75) is 23.7 Å². The third kappa shape index (κ3) is 3.59. The standard InChI is InChI=1S/C28H24F2N6O4/c1-39-15-4-6-19-17(10-15)28(26(38)33-19)11-18(28)14-3-5-16-22(9-14)34-35-23(16)31-20-7-8-21(32-24(20)40-2)25(37)36-12-27(29,30)13-36/h3-10,18H,11-13H2,1-2H3,(H,33,38)(H2,31,34,35)/t18-,28-/m0/s1. The summed E-state index contributed by atoms with van der Waals surface area (Å²) in [6.45, 7) is -1.24. The number of pyridine rings is 1. The maximum atomic E-state index is 13.2. The number of ether oxygens (including phenoxy) is 2. The molecule has 1 aliphatic carbocycles. The molecule has 7 rings (SSSR count). The fraction of sp³-hybridized carbons (Fsp3) is 0.286. The predicted octanol–water partition coefficient (Wildman–Crippen LogP) is 4.19. The fourth-order valence-corrected chi connectivity index (χ4v) is 5.80. The Balaban J connectivity index is 1.13. The number of anilines is 3. The molecule has 2 aromatic carbocycles. The Morgan fingerprint density at radius 3 is 2.67 bits per heavy atom. The van der Waals surface area contributed by atoms with Gasteiger partial charge in [0, 0.05) is 17.0 Å². The van der Waals surface area contributed by atoms with Gasteiger partial charge < -0.3 is 25.0 Å². The number of nitrogens with zero attached hydrogens (tertiary/aromatic N) is 3. The Morgan fingerprint density at radius 2 is 1.93 bits per heavy atom. The summed E-state index contributed by atoms with van der Waals surface area (Å²) in [5.41, 5.74) is 3.44. The van der Waals surface area contributed by atoms with E-state index in [1.807, 2.05) is 36.4 Å². The highest BCUT2D eigenvalue weighted by atomic mass is 19.3. The highest BCUT2D eigenvalue weighted by Gasteiger charge is 2.65. The van der Waals surface area contributed by atoms with Crippen molar-refractivity contribution in [1.82, 2.24) is 20.1 Å². The monoisotopic (exact) mass is 546 g/mol. The lowest BCUT2D eigenvalue weighted by atomic mass is 9.91. The minimum atomic E-state index is -2.86. The van der Waals surface area contributed by atoms with Gasteiger partial charge in [0.25, 0.3) is 11.8 Å². The number of fused-ring (bicyclic) bond motifs is 3. The van der Waals surface area contributed by atoms with Crippen LogP contribution in [0.2, 0.25) is 0 Å². The number of alkyl halides is 2. The molecule has 204 valence electrons. The molecular weight excluding hydrogens is 522 g/mol. The zero-order valence-electron chi connectivity index (χ0n) is 21.5. The van der Waals surface area contributed by atoms with Crippen molar-refractivity contribution < 1.29 is 27.8 Å². The van der Waals surface area contributed by atoms with Gasteiger partial charge in [0.15, 0.2) is 5.82 Å². The molecule has 2 fully saturated rings. The molecule has 2 aliphatic heterocycles. The minimum Gasteiger partial charge on any atom is -0.497 e. The largest absolute Gasteiger partial charge is 0.497 e. The van der Waals surface area contributed by atoms with Gasteiger partial charge >= 0.3 is 0 Å². The average molecular weight is 547 g/mol. The van der Waals surface area contributed by atoms with Gasteiger partial charge in [0.05, 0.1) is 38.2 Å². The number of benzene rings is 2. The van der Waals surface area contributed by atoms with Crippen molar-refractivity contribution in [2.75, 3.05) is 37.9 Å². The fourth-order valence-electron chi connectivity index (χ4n) is 5.80. The van der Waals surface area contributed by atoms with Crippen molar-refractivity contribution in [3.8, 4) is 11.6 Å². The zero-order valence-corrected chi connectivity index (χ0v) is 21.5. The molecule has 3 N–H and O–H groups in total. The molecule has 1 saturated carbocycles. The number of carbonyl (C=O) groups excluding carboxylic acids is 2.